The van der Waals surface area contributed by atoms with Crippen molar-refractivity contribution in [1.82, 2.24) is 10.2 Å². The van der Waals surface area contributed by atoms with E-state index < -0.39 is 11.6 Å². The highest BCUT2D eigenvalue weighted by Crippen LogP contribution is 2.23. The number of piperazine rings is 1. The van der Waals surface area contributed by atoms with Gasteiger partial charge in [0.2, 0.25) is 11.8 Å². The highest BCUT2D eigenvalue weighted by molar-refractivity contribution is 5.99. The first-order chi connectivity index (χ1) is 9.37. The minimum Gasteiger partial charge on any atom is -0.340 e. The Morgan fingerprint density at radius 2 is 1.90 bits per heavy atom. The Kier molecular flexibility index (Phi) is 3.79. The second-order valence-electron chi connectivity index (χ2n) is 5.41. The van der Waals surface area contributed by atoms with E-state index in [1.54, 1.807) is 30.9 Å². The standard InChI is InChI=1S/C15H19FN2O2/c1-4-15(3)14(20)18(10(2)13(19)17-15)9-11-5-7-12(16)8-6-11/h5-8,10H,4,9H2,1-3H3,(H,17,19). The van der Waals surface area contributed by atoms with E-state index in [0.717, 1.165) is 5.56 Å². The number of carbonyl (C=O) groups excluding carboxylic acids is 2. The molecule has 1 aliphatic rings. The molecule has 108 valence electrons. The number of halogens is 1. The molecule has 1 aliphatic heterocycles. The van der Waals surface area contributed by atoms with Gasteiger partial charge in [0.05, 0.1) is 0 Å². The molecule has 0 saturated carbocycles. The van der Waals surface area contributed by atoms with Crippen LogP contribution in [0.15, 0.2) is 24.3 Å². The van der Waals surface area contributed by atoms with Crippen molar-refractivity contribution in [1.29, 1.82) is 0 Å². The van der Waals surface area contributed by atoms with Crippen molar-refractivity contribution >= 4 is 11.8 Å². The van der Waals surface area contributed by atoms with Crippen LogP contribution >= 0.6 is 0 Å². The van der Waals surface area contributed by atoms with Gasteiger partial charge in [-0.3, -0.25) is 9.59 Å². The molecule has 5 heteroatoms. The van der Waals surface area contributed by atoms with Crippen LogP contribution in [0.5, 0.6) is 0 Å². The van der Waals surface area contributed by atoms with Crippen LogP contribution in [0, 0.1) is 5.82 Å². The molecule has 2 rings (SSSR count). The highest BCUT2D eigenvalue weighted by atomic mass is 19.1. The lowest BCUT2D eigenvalue weighted by molar-refractivity contribution is -0.154. The molecule has 0 spiro atoms. The van der Waals surface area contributed by atoms with Crippen molar-refractivity contribution in [3.05, 3.63) is 35.6 Å². The summed E-state index contributed by atoms with van der Waals surface area (Å²) in [6.07, 6.45) is 0.532. The summed E-state index contributed by atoms with van der Waals surface area (Å²) in [5.41, 5.74) is -0.0522. The third kappa shape index (κ3) is 2.53. The molecule has 2 unspecified atom stereocenters. The lowest BCUT2D eigenvalue weighted by Gasteiger charge is -2.43. The van der Waals surface area contributed by atoms with E-state index in [1.807, 2.05) is 6.92 Å². The second-order valence-corrected chi connectivity index (χ2v) is 5.41. The lowest BCUT2D eigenvalue weighted by atomic mass is 9.92. The SMILES string of the molecule is CCC1(C)NC(=O)C(C)N(Cc2ccc(F)cc2)C1=O. The number of hydrogen-bond donors (Lipinski definition) is 1. The van der Waals surface area contributed by atoms with Gasteiger partial charge in [-0.05, 0) is 38.0 Å². The molecule has 2 amide bonds. The van der Waals surface area contributed by atoms with Gasteiger partial charge in [0, 0.05) is 6.54 Å². The second kappa shape index (κ2) is 5.23. The number of amides is 2. The zero-order valence-corrected chi connectivity index (χ0v) is 11.9. The summed E-state index contributed by atoms with van der Waals surface area (Å²) >= 11 is 0. The van der Waals surface area contributed by atoms with Gasteiger partial charge in [0.1, 0.15) is 17.4 Å². The smallest absolute Gasteiger partial charge is 0.248 e. The number of nitrogens with one attached hydrogen (secondary N) is 1. The molecule has 0 radical (unpaired) electrons. The zero-order valence-electron chi connectivity index (χ0n) is 11.9. The Bertz CT molecular complexity index is 529. The molecule has 0 bridgehead atoms. The maximum absolute atomic E-state index is 12.9. The zero-order chi connectivity index (χ0) is 14.9. The maximum Gasteiger partial charge on any atom is 0.248 e. The average Bonchev–Trinajstić information content (AvgIpc) is 2.43. The van der Waals surface area contributed by atoms with Gasteiger partial charge in [0.15, 0.2) is 0 Å². The molecule has 1 N–H and O–H groups in total. The van der Waals surface area contributed by atoms with Crippen LogP contribution in [-0.4, -0.2) is 28.3 Å². The highest BCUT2D eigenvalue weighted by Gasteiger charge is 2.45. The van der Waals surface area contributed by atoms with Crippen LogP contribution in [0.25, 0.3) is 0 Å². The monoisotopic (exact) mass is 278 g/mol. The Hall–Kier alpha value is -1.91. The molecular weight excluding hydrogens is 259 g/mol. The Balaban J connectivity index is 2.25. The molecule has 0 aliphatic carbocycles. The van der Waals surface area contributed by atoms with Gasteiger partial charge in [-0.1, -0.05) is 19.1 Å². The van der Waals surface area contributed by atoms with Crippen molar-refractivity contribution in [2.45, 2.75) is 45.3 Å². The summed E-state index contributed by atoms with van der Waals surface area (Å²) in [5, 5.41) is 2.78. The van der Waals surface area contributed by atoms with E-state index in [4.69, 9.17) is 0 Å². The molecule has 0 aromatic heterocycles. The summed E-state index contributed by atoms with van der Waals surface area (Å²) < 4.78 is 12.9. The Labute approximate surface area is 118 Å². The van der Waals surface area contributed by atoms with Gasteiger partial charge in [-0.25, -0.2) is 4.39 Å². The normalized spacial score (nSPS) is 26.6. The van der Waals surface area contributed by atoms with Gasteiger partial charge in [-0.2, -0.15) is 0 Å². The minimum absolute atomic E-state index is 0.101. The number of nitrogens with zero attached hydrogens (tertiary/aromatic N) is 1. The van der Waals surface area contributed by atoms with Crippen molar-refractivity contribution in [2.24, 2.45) is 0 Å². The molecule has 4 nitrogen and oxygen atoms in total. The van der Waals surface area contributed by atoms with Crippen LogP contribution < -0.4 is 5.32 Å². The van der Waals surface area contributed by atoms with Crippen LogP contribution in [0.2, 0.25) is 0 Å². The van der Waals surface area contributed by atoms with Gasteiger partial charge in [-0.15, -0.1) is 0 Å². The summed E-state index contributed by atoms with van der Waals surface area (Å²) in [6.45, 7) is 5.61. The predicted octanol–water partition coefficient (Wildman–Crippen LogP) is 1.84. The van der Waals surface area contributed by atoms with Crippen molar-refractivity contribution in [2.75, 3.05) is 0 Å². The molecule has 1 saturated heterocycles. The summed E-state index contributed by atoms with van der Waals surface area (Å²) in [6, 6.07) is 5.45. The fourth-order valence-electron chi connectivity index (χ4n) is 2.30. The van der Waals surface area contributed by atoms with E-state index in [-0.39, 0.29) is 17.6 Å². The maximum atomic E-state index is 12.9. The van der Waals surface area contributed by atoms with Crippen LogP contribution in [0.3, 0.4) is 0 Å². The Morgan fingerprint density at radius 1 is 1.30 bits per heavy atom. The summed E-state index contributed by atoms with van der Waals surface area (Å²) in [7, 11) is 0. The van der Waals surface area contributed by atoms with Crippen molar-refractivity contribution in [3.8, 4) is 0 Å². The number of rotatable bonds is 3. The quantitative estimate of drug-likeness (QED) is 0.917. The molecule has 1 aromatic rings. The average molecular weight is 278 g/mol. The fourth-order valence-corrected chi connectivity index (χ4v) is 2.30. The first-order valence-corrected chi connectivity index (χ1v) is 6.75. The van der Waals surface area contributed by atoms with Gasteiger partial charge in [0.25, 0.3) is 0 Å². The summed E-state index contributed by atoms with van der Waals surface area (Å²) in [5.74, 6) is -0.574. The first kappa shape index (κ1) is 14.5. The topological polar surface area (TPSA) is 49.4 Å². The number of carbonyl (C=O) groups is 2. The minimum atomic E-state index is -0.858. The van der Waals surface area contributed by atoms with Crippen molar-refractivity contribution < 1.29 is 14.0 Å². The van der Waals surface area contributed by atoms with E-state index >= 15 is 0 Å². The molecule has 2 atom stereocenters. The van der Waals surface area contributed by atoms with Gasteiger partial charge >= 0.3 is 0 Å². The van der Waals surface area contributed by atoms with E-state index in [0.29, 0.717) is 13.0 Å². The molecule has 1 fully saturated rings. The third-order valence-corrected chi connectivity index (χ3v) is 3.95. The van der Waals surface area contributed by atoms with Crippen molar-refractivity contribution in [3.63, 3.8) is 0 Å². The van der Waals surface area contributed by atoms with Gasteiger partial charge < -0.3 is 10.2 Å². The molecule has 1 aromatic carbocycles. The fraction of sp³-hybridized carbons (Fsp3) is 0.467. The summed E-state index contributed by atoms with van der Waals surface area (Å²) in [4.78, 5) is 26.1. The number of benzene rings is 1. The van der Waals surface area contributed by atoms with Crippen LogP contribution in [0.1, 0.15) is 32.8 Å². The van der Waals surface area contributed by atoms with E-state index in [2.05, 4.69) is 5.32 Å². The molecule has 20 heavy (non-hydrogen) atoms. The predicted molar refractivity (Wildman–Crippen MR) is 73.3 cm³/mol. The van der Waals surface area contributed by atoms with E-state index in [1.165, 1.54) is 12.1 Å². The molecular formula is C15H19FN2O2. The lowest BCUT2D eigenvalue weighted by Crippen LogP contribution is -2.68. The molecule has 1 heterocycles. The number of hydrogen-bond acceptors (Lipinski definition) is 2. The van der Waals surface area contributed by atoms with E-state index in [9.17, 15) is 14.0 Å². The van der Waals surface area contributed by atoms with Crippen LogP contribution in [0.4, 0.5) is 4.39 Å². The largest absolute Gasteiger partial charge is 0.340 e. The third-order valence-electron chi connectivity index (χ3n) is 3.95. The van der Waals surface area contributed by atoms with Crippen LogP contribution in [-0.2, 0) is 16.1 Å². The first-order valence-electron chi connectivity index (χ1n) is 6.75. The Morgan fingerprint density at radius 3 is 2.45 bits per heavy atom.